The van der Waals surface area contributed by atoms with Gasteiger partial charge in [0.2, 0.25) is 0 Å². The average Bonchev–Trinajstić information content (AvgIpc) is 2.47. The van der Waals surface area contributed by atoms with Crippen LogP contribution in [-0.4, -0.2) is 18.6 Å². The molecule has 1 N–H and O–H groups in total. The quantitative estimate of drug-likeness (QED) is 0.733. The highest BCUT2D eigenvalue weighted by molar-refractivity contribution is 5.21. The molecule has 1 rings (SSSR count). The first-order valence-electron chi connectivity index (χ1n) is 7.47. The van der Waals surface area contributed by atoms with E-state index < -0.39 is 0 Å². The average molecular weight is 264 g/mol. The molecule has 2 atom stereocenters. The van der Waals surface area contributed by atoms with Crippen LogP contribution in [0.2, 0.25) is 0 Å². The summed E-state index contributed by atoms with van der Waals surface area (Å²) in [5.74, 6) is 1.54. The summed E-state index contributed by atoms with van der Waals surface area (Å²) in [6.45, 7) is 7.37. The van der Waals surface area contributed by atoms with Crippen LogP contribution in [0.4, 0.5) is 0 Å². The second kappa shape index (κ2) is 8.92. The molecule has 0 aliphatic rings. The number of hydrogen-bond donors (Lipinski definition) is 1. The van der Waals surface area contributed by atoms with E-state index in [1.807, 2.05) is 25.4 Å². The van der Waals surface area contributed by atoms with E-state index in [1.165, 1.54) is 25.7 Å². The maximum atomic E-state index is 5.84. The van der Waals surface area contributed by atoms with Crippen molar-refractivity contribution in [3.8, 4) is 5.75 Å². The van der Waals surface area contributed by atoms with Gasteiger partial charge in [0.05, 0.1) is 18.5 Å². The third kappa shape index (κ3) is 5.60. The van der Waals surface area contributed by atoms with Crippen LogP contribution in [0.5, 0.6) is 5.75 Å². The topological polar surface area (TPSA) is 34.1 Å². The van der Waals surface area contributed by atoms with Gasteiger partial charge in [0, 0.05) is 6.04 Å². The molecule has 3 nitrogen and oxygen atoms in total. The number of aromatic nitrogens is 1. The fourth-order valence-electron chi connectivity index (χ4n) is 1.99. The molecular weight excluding hydrogens is 236 g/mol. The molecule has 2 unspecified atom stereocenters. The standard InChI is InChI=1S/C16H28N2O/c1-5-7-8-14(6-2)12-19-15-9-10-16(18-11-15)13(3)17-4/h9-11,13-14,17H,5-8,12H2,1-4H3. The molecule has 0 radical (unpaired) electrons. The Bertz CT molecular complexity index is 337. The molecule has 108 valence electrons. The molecular formula is C16H28N2O. The van der Waals surface area contributed by atoms with Crippen molar-refractivity contribution in [3.63, 3.8) is 0 Å². The zero-order valence-electron chi connectivity index (χ0n) is 12.8. The normalized spacial score (nSPS) is 14.1. The molecule has 1 aromatic rings. The summed E-state index contributed by atoms with van der Waals surface area (Å²) in [4.78, 5) is 4.43. The Morgan fingerprint density at radius 3 is 2.63 bits per heavy atom. The lowest BCUT2D eigenvalue weighted by Crippen LogP contribution is -2.14. The van der Waals surface area contributed by atoms with Gasteiger partial charge in [0.15, 0.2) is 0 Å². The van der Waals surface area contributed by atoms with E-state index in [-0.39, 0.29) is 6.04 Å². The van der Waals surface area contributed by atoms with Crippen molar-refractivity contribution < 1.29 is 4.74 Å². The Labute approximate surface area is 117 Å². The summed E-state index contributed by atoms with van der Waals surface area (Å²) in [6, 6.07) is 4.33. The number of nitrogens with one attached hydrogen (secondary N) is 1. The Morgan fingerprint density at radius 2 is 2.11 bits per heavy atom. The van der Waals surface area contributed by atoms with Gasteiger partial charge in [-0.25, -0.2) is 0 Å². The zero-order valence-corrected chi connectivity index (χ0v) is 12.8. The van der Waals surface area contributed by atoms with Gasteiger partial charge < -0.3 is 10.1 Å². The van der Waals surface area contributed by atoms with Gasteiger partial charge in [-0.3, -0.25) is 4.98 Å². The van der Waals surface area contributed by atoms with Gasteiger partial charge >= 0.3 is 0 Å². The first-order chi connectivity index (χ1) is 9.21. The van der Waals surface area contributed by atoms with Crippen molar-refractivity contribution in [1.29, 1.82) is 0 Å². The van der Waals surface area contributed by atoms with E-state index in [1.54, 1.807) is 0 Å². The molecule has 0 spiro atoms. The summed E-state index contributed by atoms with van der Waals surface area (Å²) in [5, 5.41) is 3.18. The van der Waals surface area contributed by atoms with Gasteiger partial charge in [-0.2, -0.15) is 0 Å². The molecule has 0 aliphatic carbocycles. The van der Waals surface area contributed by atoms with Crippen molar-refractivity contribution in [2.75, 3.05) is 13.7 Å². The van der Waals surface area contributed by atoms with Crippen LogP contribution in [-0.2, 0) is 0 Å². The van der Waals surface area contributed by atoms with Crippen LogP contribution >= 0.6 is 0 Å². The van der Waals surface area contributed by atoms with Gasteiger partial charge in [0.25, 0.3) is 0 Å². The summed E-state index contributed by atoms with van der Waals surface area (Å²) in [7, 11) is 1.94. The minimum absolute atomic E-state index is 0.280. The van der Waals surface area contributed by atoms with Crippen LogP contribution in [0.1, 0.15) is 58.2 Å². The smallest absolute Gasteiger partial charge is 0.137 e. The highest BCUT2D eigenvalue weighted by Crippen LogP contribution is 2.17. The van der Waals surface area contributed by atoms with Gasteiger partial charge in [-0.05, 0) is 38.4 Å². The lowest BCUT2D eigenvalue weighted by Gasteiger charge is -2.16. The lowest BCUT2D eigenvalue weighted by atomic mass is 10.0. The van der Waals surface area contributed by atoms with Gasteiger partial charge in [-0.1, -0.05) is 33.1 Å². The number of unbranched alkanes of at least 4 members (excludes halogenated alkanes) is 1. The van der Waals surface area contributed by atoms with Crippen molar-refractivity contribution in [2.45, 2.75) is 52.5 Å². The Kier molecular flexibility index (Phi) is 7.49. The molecule has 0 amide bonds. The van der Waals surface area contributed by atoms with Crippen molar-refractivity contribution in [3.05, 3.63) is 24.0 Å². The van der Waals surface area contributed by atoms with E-state index in [2.05, 4.69) is 31.1 Å². The Morgan fingerprint density at radius 1 is 1.32 bits per heavy atom. The van der Waals surface area contributed by atoms with E-state index in [9.17, 15) is 0 Å². The minimum atomic E-state index is 0.280. The number of hydrogen-bond acceptors (Lipinski definition) is 3. The molecule has 0 aliphatic heterocycles. The maximum Gasteiger partial charge on any atom is 0.137 e. The van der Waals surface area contributed by atoms with Crippen molar-refractivity contribution in [1.82, 2.24) is 10.3 Å². The first kappa shape index (κ1) is 16.0. The largest absolute Gasteiger partial charge is 0.492 e. The summed E-state index contributed by atoms with van der Waals surface area (Å²) in [6.07, 6.45) is 6.82. The van der Waals surface area contributed by atoms with Crippen LogP contribution in [0.15, 0.2) is 18.3 Å². The van der Waals surface area contributed by atoms with E-state index in [4.69, 9.17) is 4.74 Å². The summed E-state index contributed by atoms with van der Waals surface area (Å²) in [5.41, 5.74) is 1.05. The molecule has 0 saturated heterocycles. The fourth-order valence-corrected chi connectivity index (χ4v) is 1.99. The van der Waals surface area contributed by atoms with Crippen molar-refractivity contribution >= 4 is 0 Å². The van der Waals surface area contributed by atoms with Gasteiger partial charge in [-0.15, -0.1) is 0 Å². The molecule has 0 fully saturated rings. The maximum absolute atomic E-state index is 5.84. The van der Waals surface area contributed by atoms with Crippen LogP contribution < -0.4 is 10.1 Å². The highest BCUT2D eigenvalue weighted by atomic mass is 16.5. The third-order valence-corrected chi connectivity index (χ3v) is 3.66. The monoisotopic (exact) mass is 264 g/mol. The van der Waals surface area contributed by atoms with Crippen LogP contribution in [0.25, 0.3) is 0 Å². The number of nitrogens with zero attached hydrogens (tertiary/aromatic N) is 1. The molecule has 0 saturated carbocycles. The number of ether oxygens (including phenoxy) is 1. The van der Waals surface area contributed by atoms with Gasteiger partial charge in [0.1, 0.15) is 5.75 Å². The van der Waals surface area contributed by atoms with Crippen molar-refractivity contribution in [2.24, 2.45) is 5.92 Å². The summed E-state index contributed by atoms with van der Waals surface area (Å²) >= 11 is 0. The fraction of sp³-hybridized carbons (Fsp3) is 0.688. The highest BCUT2D eigenvalue weighted by Gasteiger charge is 2.08. The molecule has 1 heterocycles. The predicted molar refractivity (Wildman–Crippen MR) is 80.5 cm³/mol. The molecule has 1 aromatic heterocycles. The predicted octanol–water partition coefficient (Wildman–Crippen LogP) is 3.96. The zero-order chi connectivity index (χ0) is 14.1. The lowest BCUT2D eigenvalue weighted by molar-refractivity contribution is 0.232. The second-order valence-corrected chi connectivity index (χ2v) is 5.16. The third-order valence-electron chi connectivity index (χ3n) is 3.66. The molecule has 0 aromatic carbocycles. The minimum Gasteiger partial charge on any atom is -0.492 e. The molecule has 19 heavy (non-hydrogen) atoms. The SMILES string of the molecule is CCCCC(CC)COc1ccc(C(C)NC)nc1. The van der Waals surface area contributed by atoms with Crippen LogP contribution in [0, 0.1) is 5.92 Å². The molecule has 3 heteroatoms. The van der Waals surface area contributed by atoms with E-state index >= 15 is 0 Å². The Hall–Kier alpha value is -1.09. The van der Waals surface area contributed by atoms with E-state index in [0.29, 0.717) is 5.92 Å². The molecule has 0 bridgehead atoms. The first-order valence-corrected chi connectivity index (χ1v) is 7.47. The second-order valence-electron chi connectivity index (χ2n) is 5.16. The number of pyridine rings is 1. The van der Waals surface area contributed by atoms with E-state index in [0.717, 1.165) is 18.1 Å². The Balaban J connectivity index is 2.44. The van der Waals surface area contributed by atoms with Crippen LogP contribution in [0.3, 0.4) is 0 Å². The number of rotatable bonds is 9. The summed E-state index contributed by atoms with van der Waals surface area (Å²) < 4.78 is 5.84.